The molecule has 2 N–H and O–H groups in total. The van der Waals surface area contributed by atoms with Gasteiger partial charge < -0.3 is 14.6 Å². The molecule has 1 aromatic carbocycles. The van der Waals surface area contributed by atoms with Crippen LogP contribution in [-0.2, 0) is 4.79 Å². The molecule has 162 valence electrons. The number of H-pyrrole nitrogens is 1. The zero-order chi connectivity index (χ0) is 22.0. The Balaban J connectivity index is 0.000000710. The standard InChI is InChI=1S/C19H18ClFN6O.C3H6/c1-3-26(4-2)19-17(21)16(20)15(12-7-23-25-18(12)19)11-5-6-14-24-13(22-10-28)9-27(14)8-11;1-2-3-1/h5-10H,3-4H2,1-2H3,(H,22,28)(H,23,25);1-3H2. The minimum absolute atomic E-state index is 0.0431. The normalized spacial score (nSPS) is 12.5. The number of halogens is 2. The van der Waals surface area contributed by atoms with Gasteiger partial charge in [-0.3, -0.25) is 9.89 Å². The van der Waals surface area contributed by atoms with Gasteiger partial charge in [0, 0.05) is 35.8 Å². The van der Waals surface area contributed by atoms with Crippen LogP contribution in [-0.4, -0.2) is 39.1 Å². The Morgan fingerprint density at radius 1 is 1.26 bits per heavy atom. The van der Waals surface area contributed by atoms with Gasteiger partial charge in [-0.1, -0.05) is 30.9 Å². The van der Waals surface area contributed by atoms with E-state index in [-0.39, 0.29) is 5.02 Å². The van der Waals surface area contributed by atoms with Gasteiger partial charge in [-0.25, -0.2) is 9.37 Å². The fraction of sp³-hybridized carbons (Fsp3) is 0.318. The SMILES string of the molecule is C1CC1.CCN(CC)c1c(F)c(Cl)c(-c2ccc3nc(NC=O)cn3c2)c2cn[nH]c12. The highest BCUT2D eigenvalue weighted by Gasteiger charge is 2.24. The van der Waals surface area contributed by atoms with Crippen molar-refractivity contribution in [2.24, 2.45) is 0 Å². The first-order valence-corrected chi connectivity index (χ1v) is 10.7. The van der Waals surface area contributed by atoms with E-state index >= 15 is 4.39 Å². The van der Waals surface area contributed by atoms with E-state index in [2.05, 4.69) is 20.5 Å². The van der Waals surface area contributed by atoms with Crippen molar-refractivity contribution in [2.75, 3.05) is 23.3 Å². The summed E-state index contributed by atoms with van der Waals surface area (Å²) < 4.78 is 17.1. The lowest BCUT2D eigenvalue weighted by molar-refractivity contribution is -0.105. The Morgan fingerprint density at radius 2 is 2.00 bits per heavy atom. The molecular formula is C22H24ClFN6O. The number of amides is 1. The smallest absolute Gasteiger partial charge is 0.212 e. The van der Waals surface area contributed by atoms with Gasteiger partial charge in [-0.05, 0) is 26.0 Å². The number of pyridine rings is 1. The summed E-state index contributed by atoms with van der Waals surface area (Å²) in [4.78, 5) is 16.8. The molecule has 0 bridgehead atoms. The summed E-state index contributed by atoms with van der Waals surface area (Å²) in [6, 6.07) is 3.60. The first-order chi connectivity index (χ1) is 15.1. The lowest BCUT2D eigenvalue weighted by Crippen LogP contribution is -2.23. The molecule has 31 heavy (non-hydrogen) atoms. The first-order valence-electron chi connectivity index (χ1n) is 10.4. The van der Waals surface area contributed by atoms with Crippen molar-refractivity contribution in [3.8, 4) is 11.1 Å². The van der Waals surface area contributed by atoms with Crippen LogP contribution in [0.3, 0.4) is 0 Å². The van der Waals surface area contributed by atoms with Crippen LogP contribution in [0.25, 0.3) is 27.7 Å². The molecule has 0 atom stereocenters. The summed E-state index contributed by atoms with van der Waals surface area (Å²) >= 11 is 6.51. The number of hydrogen-bond acceptors (Lipinski definition) is 4. The first kappa shape index (κ1) is 21.1. The number of carbonyl (C=O) groups excluding carboxylic acids is 1. The van der Waals surface area contributed by atoms with E-state index in [1.165, 1.54) is 19.3 Å². The fourth-order valence-corrected chi connectivity index (χ4v) is 3.79. The van der Waals surface area contributed by atoms with Crippen molar-refractivity contribution < 1.29 is 9.18 Å². The monoisotopic (exact) mass is 442 g/mol. The number of benzene rings is 1. The van der Waals surface area contributed by atoms with E-state index in [0.29, 0.717) is 53.3 Å². The van der Waals surface area contributed by atoms with Crippen LogP contribution < -0.4 is 10.2 Å². The number of aromatic nitrogens is 4. The number of fused-ring (bicyclic) bond motifs is 2. The number of anilines is 2. The zero-order valence-corrected chi connectivity index (χ0v) is 18.2. The molecule has 1 amide bonds. The third kappa shape index (κ3) is 4.07. The molecule has 4 aromatic rings. The van der Waals surface area contributed by atoms with Gasteiger partial charge in [0.2, 0.25) is 6.41 Å². The molecule has 0 aliphatic heterocycles. The van der Waals surface area contributed by atoms with Crippen molar-refractivity contribution >= 4 is 46.1 Å². The largest absolute Gasteiger partial charge is 0.368 e. The van der Waals surface area contributed by atoms with Gasteiger partial charge in [0.1, 0.15) is 11.3 Å². The lowest BCUT2D eigenvalue weighted by atomic mass is 10.0. The van der Waals surface area contributed by atoms with Gasteiger partial charge in [-0.15, -0.1) is 0 Å². The quantitative estimate of drug-likeness (QED) is 0.399. The van der Waals surface area contributed by atoms with E-state index in [4.69, 9.17) is 11.6 Å². The van der Waals surface area contributed by atoms with Crippen LogP contribution in [0.4, 0.5) is 15.9 Å². The highest BCUT2D eigenvalue weighted by molar-refractivity contribution is 6.36. The molecule has 3 heterocycles. The number of carbonyl (C=O) groups is 1. The minimum Gasteiger partial charge on any atom is -0.368 e. The van der Waals surface area contributed by atoms with Crippen LogP contribution in [0.1, 0.15) is 33.1 Å². The van der Waals surface area contributed by atoms with Gasteiger partial charge in [-0.2, -0.15) is 5.10 Å². The van der Waals surface area contributed by atoms with Crippen LogP contribution in [0, 0.1) is 5.82 Å². The number of hydrogen-bond donors (Lipinski definition) is 2. The van der Waals surface area contributed by atoms with Crippen LogP contribution in [0.15, 0.2) is 30.7 Å². The molecule has 1 saturated carbocycles. The zero-order valence-electron chi connectivity index (χ0n) is 17.5. The Labute approximate surface area is 184 Å². The maximum absolute atomic E-state index is 15.3. The van der Waals surface area contributed by atoms with Gasteiger partial charge in [0.25, 0.3) is 0 Å². The van der Waals surface area contributed by atoms with Crippen molar-refractivity contribution in [1.82, 2.24) is 19.6 Å². The summed E-state index contributed by atoms with van der Waals surface area (Å²) in [5, 5.41) is 10.3. The van der Waals surface area contributed by atoms with Gasteiger partial charge >= 0.3 is 0 Å². The molecule has 9 heteroatoms. The Kier molecular flexibility index (Phi) is 6.08. The highest BCUT2D eigenvalue weighted by atomic mass is 35.5. The molecule has 0 unspecified atom stereocenters. The van der Waals surface area contributed by atoms with E-state index in [1.807, 2.05) is 24.8 Å². The average molecular weight is 443 g/mol. The third-order valence-electron chi connectivity index (χ3n) is 5.15. The minimum atomic E-state index is -0.480. The summed E-state index contributed by atoms with van der Waals surface area (Å²) in [7, 11) is 0. The average Bonchev–Trinajstić information content (AvgIpc) is 3.49. The summed E-state index contributed by atoms with van der Waals surface area (Å²) in [6.07, 6.45) is 10.2. The maximum Gasteiger partial charge on any atom is 0.212 e. The van der Waals surface area contributed by atoms with Gasteiger partial charge in [0.05, 0.1) is 22.9 Å². The number of aromatic amines is 1. The summed E-state index contributed by atoms with van der Waals surface area (Å²) in [6.45, 7) is 5.21. The second kappa shape index (κ2) is 8.93. The Bertz CT molecular complexity index is 1230. The highest BCUT2D eigenvalue weighted by Crippen LogP contribution is 2.42. The molecule has 1 aliphatic carbocycles. The molecule has 1 aliphatic rings. The van der Waals surface area contributed by atoms with E-state index < -0.39 is 5.82 Å². The third-order valence-corrected chi connectivity index (χ3v) is 5.50. The van der Waals surface area contributed by atoms with E-state index in [1.54, 1.807) is 29.1 Å². The summed E-state index contributed by atoms with van der Waals surface area (Å²) in [5.41, 5.74) is 2.94. The van der Waals surface area contributed by atoms with Crippen molar-refractivity contribution in [3.05, 3.63) is 41.6 Å². The second-order valence-electron chi connectivity index (χ2n) is 7.31. The van der Waals surface area contributed by atoms with Gasteiger partial charge in [0.15, 0.2) is 11.6 Å². The number of nitrogens with zero attached hydrogens (tertiary/aromatic N) is 4. The molecule has 1 fully saturated rings. The van der Waals surface area contributed by atoms with Crippen LogP contribution >= 0.6 is 11.6 Å². The molecule has 0 saturated heterocycles. The molecule has 3 aromatic heterocycles. The summed E-state index contributed by atoms with van der Waals surface area (Å²) in [5.74, 6) is -0.0547. The number of imidazole rings is 1. The Hall–Kier alpha value is -3.13. The maximum atomic E-state index is 15.3. The predicted octanol–water partition coefficient (Wildman–Crippen LogP) is 5.25. The van der Waals surface area contributed by atoms with E-state index in [0.717, 1.165) is 5.39 Å². The molecule has 7 nitrogen and oxygen atoms in total. The predicted molar refractivity (Wildman–Crippen MR) is 122 cm³/mol. The number of rotatable bonds is 6. The van der Waals surface area contributed by atoms with Crippen molar-refractivity contribution in [1.29, 1.82) is 0 Å². The Morgan fingerprint density at radius 3 is 2.65 bits per heavy atom. The van der Waals surface area contributed by atoms with Crippen molar-refractivity contribution in [2.45, 2.75) is 33.1 Å². The van der Waals surface area contributed by atoms with Crippen molar-refractivity contribution in [3.63, 3.8) is 0 Å². The van der Waals surface area contributed by atoms with Crippen LogP contribution in [0.2, 0.25) is 5.02 Å². The topological polar surface area (TPSA) is 78.3 Å². The molecular weight excluding hydrogens is 419 g/mol. The number of nitrogens with one attached hydrogen (secondary N) is 2. The molecule has 5 rings (SSSR count). The molecule has 0 spiro atoms. The molecule has 0 radical (unpaired) electrons. The lowest BCUT2D eigenvalue weighted by Gasteiger charge is -2.24. The van der Waals surface area contributed by atoms with E-state index in [9.17, 15) is 4.79 Å². The fourth-order valence-electron chi connectivity index (χ4n) is 3.49. The second-order valence-corrected chi connectivity index (χ2v) is 7.69. The van der Waals surface area contributed by atoms with Crippen LogP contribution in [0.5, 0.6) is 0 Å².